The Hall–Kier alpha value is -3.89. The highest BCUT2D eigenvalue weighted by molar-refractivity contribution is 6.18. The minimum atomic E-state index is 0.477. The summed E-state index contributed by atoms with van der Waals surface area (Å²) in [6.07, 6.45) is 2.75. The summed E-state index contributed by atoms with van der Waals surface area (Å²) < 4.78 is 17.5. The molecule has 0 saturated carbocycles. The predicted molar refractivity (Wildman–Crippen MR) is 154 cm³/mol. The van der Waals surface area contributed by atoms with Gasteiger partial charge in [-0.05, 0) is 89.5 Å². The Morgan fingerprint density at radius 3 is 2.39 bits per heavy atom. The van der Waals surface area contributed by atoms with Crippen LogP contribution >= 0.6 is 11.6 Å². The second-order valence-electron chi connectivity index (χ2n) is 9.64. The van der Waals surface area contributed by atoms with Crippen molar-refractivity contribution in [1.29, 1.82) is 0 Å². The maximum Gasteiger partial charge on any atom is 0.120 e. The number of aryl methyl sites for hydroxylation is 2. The van der Waals surface area contributed by atoms with Crippen LogP contribution in [0.2, 0.25) is 0 Å². The highest BCUT2D eigenvalue weighted by Crippen LogP contribution is 2.42. The fraction of sp³-hybridized carbons (Fsp3) is 0.212. The summed E-state index contributed by atoms with van der Waals surface area (Å²) in [5, 5.41) is 1.23. The van der Waals surface area contributed by atoms with Crippen molar-refractivity contribution in [2.45, 2.75) is 25.9 Å². The van der Waals surface area contributed by atoms with Gasteiger partial charge in [-0.15, -0.1) is 11.6 Å². The molecule has 0 radical (unpaired) electrons. The molecule has 5 heteroatoms. The molecule has 0 saturated heterocycles. The fourth-order valence-corrected chi connectivity index (χ4v) is 5.46. The zero-order valence-corrected chi connectivity index (χ0v) is 22.2. The predicted octanol–water partition coefficient (Wildman–Crippen LogP) is 7.73. The van der Waals surface area contributed by atoms with Crippen LogP contribution < -0.4 is 14.2 Å². The normalized spacial score (nSPS) is 12.2. The van der Waals surface area contributed by atoms with Gasteiger partial charge in [0.1, 0.15) is 30.5 Å². The molecule has 192 valence electrons. The SMILES string of the molecule is COc1cc2c(c(Cc3ccc(OCCCl)cc3)c1)-c1[nH]c3ccc(OCc4ccccc4)cc3c1CC2. The molecule has 4 aromatic carbocycles. The van der Waals surface area contributed by atoms with Crippen molar-refractivity contribution in [3.8, 4) is 28.5 Å². The quantitative estimate of drug-likeness (QED) is 0.201. The standard InChI is InChI=1S/C33H30ClNO3/c1-36-28-18-24-9-13-29-30-20-27(38-21-23-5-3-2-4-6-23)12-14-31(30)35-33(29)32(24)25(19-28)17-22-7-10-26(11-8-22)37-16-15-34/h2-8,10-12,14,18-20,35H,9,13,15-17,21H2,1H3. The molecule has 1 heterocycles. The van der Waals surface area contributed by atoms with Crippen molar-refractivity contribution in [2.24, 2.45) is 0 Å². The van der Waals surface area contributed by atoms with E-state index in [9.17, 15) is 0 Å². The van der Waals surface area contributed by atoms with E-state index in [0.717, 1.165) is 47.6 Å². The third kappa shape index (κ3) is 4.97. The summed E-state index contributed by atoms with van der Waals surface area (Å²) in [4.78, 5) is 3.74. The summed E-state index contributed by atoms with van der Waals surface area (Å²) in [7, 11) is 1.74. The first-order valence-electron chi connectivity index (χ1n) is 13.0. The van der Waals surface area contributed by atoms with Crippen molar-refractivity contribution in [3.63, 3.8) is 0 Å². The first-order valence-corrected chi connectivity index (χ1v) is 13.5. The van der Waals surface area contributed by atoms with Crippen LogP contribution in [0.3, 0.4) is 0 Å². The zero-order valence-electron chi connectivity index (χ0n) is 21.4. The number of hydrogen-bond acceptors (Lipinski definition) is 3. The molecule has 1 aliphatic rings. The lowest BCUT2D eigenvalue weighted by atomic mass is 9.84. The Bertz CT molecular complexity index is 1560. The Morgan fingerprint density at radius 2 is 1.61 bits per heavy atom. The number of alkyl halides is 1. The number of aromatic amines is 1. The van der Waals surface area contributed by atoms with Crippen molar-refractivity contribution in [1.82, 2.24) is 4.98 Å². The highest BCUT2D eigenvalue weighted by Gasteiger charge is 2.24. The van der Waals surface area contributed by atoms with Crippen LogP contribution in [-0.4, -0.2) is 24.6 Å². The Kier molecular flexibility index (Phi) is 6.98. The second kappa shape index (κ2) is 10.8. The van der Waals surface area contributed by atoms with Gasteiger partial charge in [0.15, 0.2) is 0 Å². The molecular formula is C33H30ClNO3. The van der Waals surface area contributed by atoms with Gasteiger partial charge >= 0.3 is 0 Å². The minimum absolute atomic E-state index is 0.477. The third-order valence-electron chi connectivity index (χ3n) is 7.19. The molecular weight excluding hydrogens is 494 g/mol. The van der Waals surface area contributed by atoms with E-state index in [-0.39, 0.29) is 0 Å². The highest BCUT2D eigenvalue weighted by atomic mass is 35.5. The number of H-pyrrole nitrogens is 1. The number of ether oxygens (including phenoxy) is 3. The molecule has 1 N–H and O–H groups in total. The molecule has 4 nitrogen and oxygen atoms in total. The van der Waals surface area contributed by atoms with Gasteiger partial charge in [0.2, 0.25) is 0 Å². The monoisotopic (exact) mass is 523 g/mol. The van der Waals surface area contributed by atoms with Crippen LogP contribution in [0.15, 0.2) is 84.9 Å². The van der Waals surface area contributed by atoms with E-state index >= 15 is 0 Å². The van der Waals surface area contributed by atoms with Crippen LogP contribution in [0.1, 0.15) is 27.8 Å². The zero-order chi connectivity index (χ0) is 25.9. The molecule has 6 rings (SSSR count). The first-order chi connectivity index (χ1) is 18.7. The lowest BCUT2D eigenvalue weighted by molar-refractivity contribution is 0.306. The number of fused-ring (bicyclic) bond motifs is 5. The van der Waals surface area contributed by atoms with Gasteiger partial charge in [-0.3, -0.25) is 0 Å². The van der Waals surface area contributed by atoms with Gasteiger partial charge in [-0.1, -0.05) is 42.5 Å². The molecule has 0 atom stereocenters. The van der Waals surface area contributed by atoms with Gasteiger partial charge < -0.3 is 19.2 Å². The van der Waals surface area contributed by atoms with Crippen LogP contribution in [0.5, 0.6) is 17.2 Å². The molecule has 1 aliphatic carbocycles. The van der Waals surface area contributed by atoms with Gasteiger partial charge in [0, 0.05) is 16.5 Å². The number of hydrogen-bond donors (Lipinski definition) is 1. The van der Waals surface area contributed by atoms with Gasteiger partial charge in [0.05, 0.1) is 18.7 Å². The largest absolute Gasteiger partial charge is 0.497 e. The molecule has 0 spiro atoms. The smallest absolute Gasteiger partial charge is 0.120 e. The minimum Gasteiger partial charge on any atom is -0.497 e. The van der Waals surface area contributed by atoms with Crippen molar-refractivity contribution < 1.29 is 14.2 Å². The van der Waals surface area contributed by atoms with Gasteiger partial charge in [-0.25, -0.2) is 0 Å². The Balaban J connectivity index is 1.34. The maximum atomic E-state index is 6.15. The fourth-order valence-electron chi connectivity index (χ4n) is 5.38. The lowest BCUT2D eigenvalue weighted by Gasteiger charge is -2.22. The first kappa shape index (κ1) is 24.4. The number of methoxy groups -OCH3 is 1. The third-order valence-corrected chi connectivity index (χ3v) is 7.35. The lowest BCUT2D eigenvalue weighted by Crippen LogP contribution is -2.07. The van der Waals surface area contributed by atoms with E-state index < -0.39 is 0 Å². The number of aromatic nitrogens is 1. The molecule has 38 heavy (non-hydrogen) atoms. The molecule has 1 aromatic heterocycles. The van der Waals surface area contributed by atoms with Crippen LogP contribution in [0, 0.1) is 0 Å². The van der Waals surface area contributed by atoms with E-state index in [1.807, 2.05) is 30.3 Å². The Labute approximate surface area is 228 Å². The van der Waals surface area contributed by atoms with Gasteiger partial charge in [-0.2, -0.15) is 0 Å². The van der Waals surface area contributed by atoms with Crippen LogP contribution in [-0.2, 0) is 25.9 Å². The average molecular weight is 524 g/mol. The van der Waals surface area contributed by atoms with Crippen molar-refractivity contribution in [2.75, 3.05) is 19.6 Å². The van der Waals surface area contributed by atoms with E-state index in [1.165, 1.54) is 38.9 Å². The van der Waals surface area contributed by atoms with E-state index in [4.69, 9.17) is 25.8 Å². The summed E-state index contributed by atoms with van der Waals surface area (Å²) in [5.41, 5.74) is 9.95. The van der Waals surface area contributed by atoms with Crippen molar-refractivity contribution >= 4 is 22.5 Å². The second-order valence-corrected chi connectivity index (χ2v) is 10.0. The Morgan fingerprint density at radius 1 is 0.789 bits per heavy atom. The molecule has 0 amide bonds. The van der Waals surface area contributed by atoms with E-state index in [1.54, 1.807) is 7.11 Å². The number of benzene rings is 4. The number of halogens is 1. The topological polar surface area (TPSA) is 43.5 Å². The average Bonchev–Trinajstić information content (AvgIpc) is 3.34. The summed E-state index contributed by atoms with van der Waals surface area (Å²) >= 11 is 5.76. The molecule has 0 unspecified atom stereocenters. The molecule has 0 bridgehead atoms. The van der Waals surface area contributed by atoms with Crippen molar-refractivity contribution in [3.05, 3.63) is 113 Å². The van der Waals surface area contributed by atoms with Gasteiger partial charge in [0.25, 0.3) is 0 Å². The van der Waals surface area contributed by atoms with E-state index in [2.05, 4.69) is 59.6 Å². The summed E-state index contributed by atoms with van der Waals surface area (Å²) in [5.74, 6) is 3.10. The molecule has 5 aromatic rings. The molecule has 0 aliphatic heterocycles. The van der Waals surface area contributed by atoms with Crippen LogP contribution in [0.4, 0.5) is 0 Å². The summed E-state index contributed by atoms with van der Waals surface area (Å²) in [6, 6.07) is 29.3. The number of rotatable bonds is 9. The van der Waals surface area contributed by atoms with Crippen LogP contribution in [0.25, 0.3) is 22.2 Å². The molecule has 0 fully saturated rings. The maximum absolute atomic E-state index is 6.15. The van der Waals surface area contributed by atoms with E-state index in [0.29, 0.717) is 19.1 Å². The number of nitrogens with one attached hydrogen (secondary N) is 1. The summed E-state index contributed by atoms with van der Waals surface area (Å²) in [6.45, 7) is 1.06.